The molecule has 1 saturated heterocycles. The van der Waals surface area contributed by atoms with Crippen LogP contribution in [0.4, 0.5) is 16.2 Å². The van der Waals surface area contributed by atoms with Crippen LogP contribution < -0.4 is 19.9 Å². The largest absolute Gasteiger partial charge is 0.483 e. The van der Waals surface area contributed by atoms with Crippen LogP contribution in [0.2, 0.25) is 0 Å². The van der Waals surface area contributed by atoms with Crippen LogP contribution in [0.3, 0.4) is 0 Å². The fraction of sp³-hybridized carbons (Fsp3) is 0.471. The second-order valence-electron chi connectivity index (χ2n) is 5.98. The van der Waals surface area contributed by atoms with E-state index in [1.54, 1.807) is 6.07 Å². The second-order valence-corrected chi connectivity index (χ2v) is 5.98. The average Bonchev–Trinajstić information content (AvgIpc) is 3.00. The van der Waals surface area contributed by atoms with Crippen molar-refractivity contribution in [1.82, 2.24) is 5.32 Å². The number of likely N-dealkylation sites (N-methyl/N-ethyl adjacent to an activating group) is 1. The number of rotatable bonds is 5. The maximum absolute atomic E-state index is 12.1. The number of nitrogens with zero attached hydrogens (tertiary/aromatic N) is 3. The van der Waals surface area contributed by atoms with Gasteiger partial charge in [0, 0.05) is 20.0 Å². The molecule has 1 atom stereocenters. The lowest BCUT2D eigenvalue weighted by molar-refractivity contribution is -0.119. The van der Waals surface area contributed by atoms with Crippen LogP contribution in [0.5, 0.6) is 5.75 Å². The van der Waals surface area contributed by atoms with E-state index in [2.05, 4.69) is 10.5 Å². The Bertz CT molecular complexity index is 736. The van der Waals surface area contributed by atoms with Crippen LogP contribution in [-0.2, 0) is 14.4 Å². The highest BCUT2D eigenvalue weighted by Crippen LogP contribution is 2.36. The molecule has 3 rings (SSSR count). The van der Waals surface area contributed by atoms with Crippen LogP contribution >= 0.6 is 0 Å². The monoisotopic (exact) mass is 362 g/mol. The molecule has 0 radical (unpaired) electrons. The number of hydrogen-bond acceptors (Lipinski definition) is 6. The van der Waals surface area contributed by atoms with Gasteiger partial charge in [-0.2, -0.15) is 0 Å². The summed E-state index contributed by atoms with van der Waals surface area (Å²) in [4.78, 5) is 31.7. The van der Waals surface area contributed by atoms with Gasteiger partial charge in [0.25, 0.3) is 0 Å². The molecule has 2 amide bonds. The third-order valence-corrected chi connectivity index (χ3v) is 4.11. The highest BCUT2D eigenvalue weighted by atomic mass is 16.6. The number of oxime groups is 1. The van der Waals surface area contributed by atoms with Crippen LogP contribution in [0.1, 0.15) is 13.8 Å². The van der Waals surface area contributed by atoms with E-state index in [-0.39, 0.29) is 18.6 Å². The van der Waals surface area contributed by atoms with E-state index in [4.69, 9.17) is 14.3 Å². The molecule has 1 aromatic carbocycles. The molecule has 2 aliphatic rings. The Balaban J connectivity index is 1.74. The van der Waals surface area contributed by atoms with Crippen molar-refractivity contribution >= 4 is 29.2 Å². The van der Waals surface area contributed by atoms with Crippen LogP contribution in [0.25, 0.3) is 0 Å². The second kappa shape index (κ2) is 7.51. The van der Waals surface area contributed by atoms with Crippen molar-refractivity contribution in [3.05, 3.63) is 18.2 Å². The number of nitrogens with one attached hydrogen (secondary N) is 1. The van der Waals surface area contributed by atoms with E-state index < -0.39 is 6.09 Å². The number of hydrogen-bond donors (Lipinski definition) is 1. The van der Waals surface area contributed by atoms with E-state index in [1.807, 2.05) is 31.0 Å². The highest BCUT2D eigenvalue weighted by molar-refractivity contribution is 6.01. The van der Waals surface area contributed by atoms with E-state index in [0.29, 0.717) is 37.0 Å². The van der Waals surface area contributed by atoms with E-state index in [1.165, 1.54) is 11.8 Å². The summed E-state index contributed by atoms with van der Waals surface area (Å²) in [6, 6.07) is 5.48. The number of carbonyl (C=O) groups excluding carboxylic acids is 2. The minimum absolute atomic E-state index is 0.158. The van der Waals surface area contributed by atoms with Crippen molar-refractivity contribution < 1.29 is 23.9 Å². The van der Waals surface area contributed by atoms with E-state index in [0.717, 1.165) is 5.69 Å². The fourth-order valence-corrected chi connectivity index (χ4v) is 2.76. The van der Waals surface area contributed by atoms with E-state index >= 15 is 0 Å². The molecule has 26 heavy (non-hydrogen) atoms. The fourth-order valence-electron chi connectivity index (χ4n) is 2.76. The molecule has 0 aromatic heterocycles. The van der Waals surface area contributed by atoms with Gasteiger partial charge in [0.2, 0.25) is 5.91 Å². The lowest BCUT2D eigenvalue weighted by atomic mass is 10.2. The molecule has 9 nitrogen and oxygen atoms in total. The zero-order chi connectivity index (χ0) is 18.7. The van der Waals surface area contributed by atoms with Gasteiger partial charge in [-0.25, -0.2) is 4.79 Å². The molecule has 2 heterocycles. The SMILES string of the molecule is CCON=C1COc2cc(N3C[C@H](CNC(C)=O)OC3=O)ccc2N1C. The molecule has 9 heteroatoms. The van der Waals surface area contributed by atoms with Gasteiger partial charge in [0.05, 0.1) is 24.5 Å². The van der Waals surface area contributed by atoms with Gasteiger partial charge in [-0.1, -0.05) is 5.16 Å². The number of fused-ring (bicyclic) bond motifs is 1. The standard InChI is InChI=1S/C17H22N4O5/c1-4-25-19-16-10-24-15-7-12(5-6-14(15)20(16)3)21-9-13(26-17(21)23)8-18-11(2)22/h5-7,13H,4,8-10H2,1-3H3,(H,18,22)/t13-/m0/s1. The number of carbonyl (C=O) groups is 2. The molecule has 140 valence electrons. The molecule has 1 aromatic rings. The smallest absolute Gasteiger partial charge is 0.414 e. The molecule has 1 fully saturated rings. The Morgan fingerprint density at radius 3 is 3.00 bits per heavy atom. The van der Waals surface area contributed by atoms with Crippen LogP contribution in [0.15, 0.2) is 23.4 Å². The summed E-state index contributed by atoms with van der Waals surface area (Å²) in [7, 11) is 1.88. The molecule has 2 aliphatic heterocycles. The third-order valence-electron chi connectivity index (χ3n) is 4.11. The minimum atomic E-state index is -0.442. The van der Waals surface area contributed by atoms with Gasteiger partial charge in [-0.05, 0) is 19.1 Å². The molecule has 0 unspecified atom stereocenters. The topological polar surface area (TPSA) is 92.7 Å². The predicted octanol–water partition coefficient (Wildman–Crippen LogP) is 1.33. The molecule has 0 aliphatic carbocycles. The van der Waals surface area contributed by atoms with E-state index in [9.17, 15) is 9.59 Å². The first kappa shape index (κ1) is 17.8. The van der Waals surface area contributed by atoms with Gasteiger partial charge in [-0.15, -0.1) is 0 Å². The number of amides is 2. The number of amidine groups is 1. The Labute approximate surface area is 151 Å². The van der Waals surface area contributed by atoms with Gasteiger partial charge in [-0.3, -0.25) is 9.69 Å². The van der Waals surface area contributed by atoms with Gasteiger partial charge in [0.1, 0.15) is 25.1 Å². The summed E-state index contributed by atoms with van der Waals surface area (Å²) < 4.78 is 11.0. The van der Waals surface area contributed by atoms with Crippen molar-refractivity contribution in [1.29, 1.82) is 0 Å². The first-order chi connectivity index (χ1) is 12.5. The van der Waals surface area contributed by atoms with Gasteiger partial charge >= 0.3 is 6.09 Å². The van der Waals surface area contributed by atoms with Crippen molar-refractivity contribution in [2.75, 3.05) is 43.2 Å². The Morgan fingerprint density at radius 1 is 1.46 bits per heavy atom. The lowest BCUT2D eigenvalue weighted by Crippen LogP contribution is -2.36. The molecule has 0 spiro atoms. The zero-order valence-electron chi connectivity index (χ0n) is 15.0. The molecular weight excluding hydrogens is 340 g/mol. The summed E-state index contributed by atoms with van der Waals surface area (Å²) in [6.45, 7) is 4.71. The first-order valence-corrected chi connectivity index (χ1v) is 8.41. The molecular formula is C17H22N4O5. The summed E-state index contributed by atoms with van der Waals surface area (Å²) in [5, 5.41) is 6.69. The minimum Gasteiger partial charge on any atom is -0.483 e. The van der Waals surface area contributed by atoms with Crippen LogP contribution in [0, 0.1) is 0 Å². The Hall–Kier alpha value is -2.97. The summed E-state index contributed by atoms with van der Waals surface area (Å²) >= 11 is 0. The normalized spacial score (nSPS) is 20.5. The predicted molar refractivity (Wildman–Crippen MR) is 95.7 cm³/mol. The number of benzene rings is 1. The van der Waals surface area contributed by atoms with Gasteiger partial charge in [0.15, 0.2) is 5.84 Å². The van der Waals surface area contributed by atoms with Crippen LogP contribution in [-0.4, -0.2) is 57.3 Å². The summed E-state index contributed by atoms with van der Waals surface area (Å²) in [6.07, 6.45) is -0.820. The first-order valence-electron chi connectivity index (χ1n) is 8.41. The Kier molecular flexibility index (Phi) is 5.15. The lowest BCUT2D eigenvalue weighted by Gasteiger charge is -2.29. The highest BCUT2D eigenvalue weighted by Gasteiger charge is 2.33. The quantitative estimate of drug-likeness (QED) is 0.795. The average molecular weight is 362 g/mol. The maximum atomic E-state index is 12.1. The molecule has 1 N–H and O–H groups in total. The summed E-state index contributed by atoms with van der Waals surface area (Å²) in [5.74, 6) is 1.16. The number of ether oxygens (including phenoxy) is 2. The van der Waals surface area contributed by atoms with Gasteiger partial charge < -0.3 is 24.5 Å². The summed E-state index contributed by atoms with van der Waals surface area (Å²) in [5.41, 5.74) is 1.51. The number of cyclic esters (lactones) is 1. The van der Waals surface area contributed by atoms with Crippen molar-refractivity contribution in [2.45, 2.75) is 20.0 Å². The van der Waals surface area contributed by atoms with Crippen molar-refractivity contribution in [3.63, 3.8) is 0 Å². The molecule has 0 bridgehead atoms. The number of anilines is 2. The van der Waals surface area contributed by atoms with Crippen molar-refractivity contribution in [3.8, 4) is 5.75 Å². The molecule has 0 saturated carbocycles. The zero-order valence-corrected chi connectivity index (χ0v) is 15.0. The third kappa shape index (κ3) is 3.66. The van der Waals surface area contributed by atoms with Crippen molar-refractivity contribution in [2.24, 2.45) is 5.16 Å². The maximum Gasteiger partial charge on any atom is 0.414 e. The Morgan fingerprint density at radius 2 is 2.27 bits per heavy atom.